The molecule has 19 heavy (non-hydrogen) atoms. The van der Waals surface area contributed by atoms with Gasteiger partial charge in [0.05, 0.1) is 5.69 Å². The maximum Gasteiger partial charge on any atom is 0.0644 e. The van der Waals surface area contributed by atoms with Gasteiger partial charge in [-0.2, -0.15) is 5.10 Å². The number of rotatable bonds is 5. The van der Waals surface area contributed by atoms with Gasteiger partial charge in [-0.15, -0.1) is 0 Å². The lowest BCUT2D eigenvalue weighted by atomic mass is 9.97. The highest BCUT2D eigenvalue weighted by Crippen LogP contribution is 2.24. The lowest BCUT2D eigenvalue weighted by Gasteiger charge is -2.19. The summed E-state index contributed by atoms with van der Waals surface area (Å²) in [6, 6.07) is 11.0. The minimum Gasteiger partial charge on any atom is -0.310 e. The summed E-state index contributed by atoms with van der Waals surface area (Å²) in [6.45, 7) is 7.35. The molecule has 1 atom stereocenters. The number of hydrogen-bond acceptors (Lipinski definition) is 2. The highest BCUT2D eigenvalue weighted by molar-refractivity contribution is 5.30. The number of nitrogens with zero attached hydrogens (tertiary/aromatic N) is 2. The van der Waals surface area contributed by atoms with Crippen LogP contribution in [0, 0.1) is 13.8 Å². The average molecular weight is 257 g/mol. The molecule has 102 valence electrons. The minimum absolute atomic E-state index is 0.334. The lowest BCUT2D eigenvalue weighted by Crippen LogP contribution is -2.24. The summed E-state index contributed by atoms with van der Waals surface area (Å²) in [7, 11) is 2.01. The normalized spacial score (nSPS) is 12.6. The second-order valence-corrected chi connectivity index (χ2v) is 5.01. The van der Waals surface area contributed by atoms with Gasteiger partial charge in [0.15, 0.2) is 0 Å². The fourth-order valence-corrected chi connectivity index (χ4v) is 2.67. The standard InChI is InChI=1S/C16H23N3/c1-5-17-15(11-14-9-7-6-8-10-14)16-12(2)18-19(4)13(16)3/h6-10,15,17H,5,11H2,1-4H3. The SMILES string of the molecule is CCNC(Cc1ccccc1)c1c(C)nn(C)c1C. The van der Waals surface area contributed by atoms with Crippen LogP contribution in [0.1, 0.15) is 35.5 Å². The van der Waals surface area contributed by atoms with E-state index in [0.29, 0.717) is 6.04 Å². The van der Waals surface area contributed by atoms with Gasteiger partial charge >= 0.3 is 0 Å². The third kappa shape index (κ3) is 3.04. The van der Waals surface area contributed by atoms with Crippen LogP contribution in [-0.4, -0.2) is 16.3 Å². The van der Waals surface area contributed by atoms with Gasteiger partial charge in [0.2, 0.25) is 0 Å². The maximum atomic E-state index is 4.53. The fraction of sp³-hybridized carbons (Fsp3) is 0.438. The fourth-order valence-electron chi connectivity index (χ4n) is 2.67. The zero-order valence-electron chi connectivity index (χ0n) is 12.3. The molecule has 0 saturated carbocycles. The Morgan fingerprint density at radius 3 is 2.42 bits per heavy atom. The molecule has 0 radical (unpaired) electrons. The van der Waals surface area contributed by atoms with Crippen molar-refractivity contribution in [2.24, 2.45) is 7.05 Å². The van der Waals surface area contributed by atoms with Crippen LogP contribution in [0.15, 0.2) is 30.3 Å². The summed E-state index contributed by atoms with van der Waals surface area (Å²) in [5.74, 6) is 0. The summed E-state index contributed by atoms with van der Waals surface area (Å²) in [4.78, 5) is 0. The van der Waals surface area contributed by atoms with Gasteiger partial charge in [-0.05, 0) is 32.4 Å². The largest absolute Gasteiger partial charge is 0.310 e. The van der Waals surface area contributed by atoms with E-state index in [4.69, 9.17) is 0 Å². The second-order valence-electron chi connectivity index (χ2n) is 5.01. The van der Waals surface area contributed by atoms with Gasteiger partial charge in [-0.25, -0.2) is 0 Å². The first-order valence-corrected chi connectivity index (χ1v) is 6.90. The highest BCUT2D eigenvalue weighted by atomic mass is 15.3. The van der Waals surface area contributed by atoms with E-state index in [1.54, 1.807) is 0 Å². The molecule has 0 aliphatic heterocycles. The number of aryl methyl sites for hydroxylation is 2. The van der Waals surface area contributed by atoms with Gasteiger partial charge in [-0.1, -0.05) is 37.3 Å². The Labute approximate surface area is 115 Å². The number of hydrogen-bond donors (Lipinski definition) is 1. The summed E-state index contributed by atoms with van der Waals surface area (Å²) < 4.78 is 1.97. The Hall–Kier alpha value is -1.61. The van der Waals surface area contributed by atoms with E-state index < -0.39 is 0 Å². The smallest absolute Gasteiger partial charge is 0.0644 e. The first kappa shape index (κ1) is 13.8. The summed E-state index contributed by atoms with van der Waals surface area (Å²) in [6.07, 6.45) is 1.00. The van der Waals surface area contributed by atoms with Crippen LogP contribution in [0.3, 0.4) is 0 Å². The third-order valence-electron chi connectivity index (χ3n) is 3.65. The van der Waals surface area contributed by atoms with Crippen molar-refractivity contribution in [3.63, 3.8) is 0 Å². The first-order valence-electron chi connectivity index (χ1n) is 6.90. The predicted octanol–water partition coefficient (Wildman–Crippen LogP) is 2.93. The van der Waals surface area contributed by atoms with E-state index in [1.165, 1.54) is 16.8 Å². The van der Waals surface area contributed by atoms with Crippen LogP contribution in [0.25, 0.3) is 0 Å². The molecule has 2 aromatic rings. The van der Waals surface area contributed by atoms with Crippen LogP contribution in [0.5, 0.6) is 0 Å². The molecular formula is C16H23N3. The number of likely N-dealkylation sites (N-methyl/N-ethyl adjacent to an activating group) is 1. The quantitative estimate of drug-likeness (QED) is 0.892. The van der Waals surface area contributed by atoms with E-state index >= 15 is 0 Å². The molecule has 0 aliphatic rings. The van der Waals surface area contributed by atoms with Crippen molar-refractivity contribution in [1.82, 2.24) is 15.1 Å². The molecule has 3 nitrogen and oxygen atoms in total. The van der Waals surface area contributed by atoms with Crippen LogP contribution >= 0.6 is 0 Å². The van der Waals surface area contributed by atoms with Crippen LogP contribution in [-0.2, 0) is 13.5 Å². The molecular weight excluding hydrogens is 234 g/mol. The zero-order chi connectivity index (χ0) is 13.8. The summed E-state index contributed by atoms with van der Waals surface area (Å²) in [5.41, 5.74) is 5.07. The van der Waals surface area contributed by atoms with Gasteiger partial charge in [0.25, 0.3) is 0 Å². The van der Waals surface area contributed by atoms with Crippen LogP contribution < -0.4 is 5.32 Å². The van der Waals surface area contributed by atoms with E-state index in [1.807, 2.05) is 11.7 Å². The molecule has 1 aromatic carbocycles. The Bertz CT molecular complexity index is 528. The van der Waals surface area contributed by atoms with E-state index in [9.17, 15) is 0 Å². The van der Waals surface area contributed by atoms with Crippen molar-refractivity contribution >= 4 is 0 Å². The molecule has 0 aliphatic carbocycles. The Morgan fingerprint density at radius 2 is 1.89 bits per heavy atom. The summed E-state index contributed by atoms with van der Waals surface area (Å²) >= 11 is 0. The Kier molecular flexibility index (Phi) is 4.38. The molecule has 3 heteroatoms. The van der Waals surface area contributed by atoms with E-state index in [0.717, 1.165) is 18.7 Å². The number of nitrogens with one attached hydrogen (secondary N) is 1. The van der Waals surface area contributed by atoms with Crippen molar-refractivity contribution in [3.05, 3.63) is 52.8 Å². The molecule has 1 aromatic heterocycles. The van der Waals surface area contributed by atoms with Gasteiger partial charge < -0.3 is 5.32 Å². The monoisotopic (exact) mass is 257 g/mol. The molecule has 0 bridgehead atoms. The van der Waals surface area contributed by atoms with Gasteiger partial charge in [0.1, 0.15) is 0 Å². The molecule has 0 spiro atoms. The predicted molar refractivity (Wildman–Crippen MR) is 79.2 cm³/mol. The molecule has 1 heterocycles. The third-order valence-corrected chi connectivity index (χ3v) is 3.65. The molecule has 2 rings (SSSR count). The second kappa shape index (κ2) is 6.02. The van der Waals surface area contributed by atoms with Crippen molar-refractivity contribution in [2.45, 2.75) is 33.2 Å². The Morgan fingerprint density at radius 1 is 1.21 bits per heavy atom. The Balaban J connectivity index is 2.30. The maximum absolute atomic E-state index is 4.53. The van der Waals surface area contributed by atoms with Crippen molar-refractivity contribution in [2.75, 3.05) is 6.54 Å². The number of aromatic nitrogens is 2. The zero-order valence-corrected chi connectivity index (χ0v) is 12.3. The van der Waals surface area contributed by atoms with Crippen molar-refractivity contribution in [1.29, 1.82) is 0 Å². The molecule has 1 N–H and O–H groups in total. The molecule has 0 fully saturated rings. The minimum atomic E-state index is 0.334. The topological polar surface area (TPSA) is 29.9 Å². The number of benzene rings is 1. The lowest BCUT2D eigenvalue weighted by molar-refractivity contribution is 0.544. The van der Waals surface area contributed by atoms with Crippen molar-refractivity contribution in [3.8, 4) is 0 Å². The molecule has 1 unspecified atom stereocenters. The van der Waals surface area contributed by atoms with E-state index in [2.05, 4.69) is 61.5 Å². The molecule has 0 saturated heterocycles. The average Bonchev–Trinajstić information content (AvgIpc) is 2.64. The van der Waals surface area contributed by atoms with Crippen LogP contribution in [0.4, 0.5) is 0 Å². The highest BCUT2D eigenvalue weighted by Gasteiger charge is 2.19. The molecule has 0 amide bonds. The van der Waals surface area contributed by atoms with Gasteiger partial charge in [0, 0.05) is 24.3 Å². The van der Waals surface area contributed by atoms with Gasteiger partial charge in [-0.3, -0.25) is 4.68 Å². The summed E-state index contributed by atoms with van der Waals surface area (Å²) in [5, 5.41) is 8.12. The van der Waals surface area contributed by atoms with Crippen molar-refractivity contribution < 1.29 is 0 Å². The van der Waals surface area contributed by atoms with Crippen LogP contribution in [0.2, 0.25) is 0 Å². The van der Waals surface area contributed by atoms with E-state index in [-0.39, 0.29) is 0 Å². The first-order chi connectivity index (χ1) is 9.13.